The molecule has 0 N–H and O–H groups in total. The normalized spacial score (nSPS) is 12.7. The van der Waals surface area contributed by atoms with Crippen molar-refractivity contribution < 1.29 is 45.8 Å². The first-order valence-corrected chi connectivity index (χ1v) is 12.4. The van der Waals surface area contributed by atoms with Gasteiger partial charge in [0.25, 0.3) is 0 Å². The van der Waals surface area contributed by atoms with Crippen LogP contribution < -0.4 is 0 Å². The molecule has 14 heteroatoms. The Kier molecular flexibility index (Phi) is 14.8. The molecule has 1 aromatic carbocycles. The molecular weight excluding hydrogens is 509 g/mol. The highest BCUT2D eigenvalue weighted by Gasteiger charge is 2.25. The summed E-state index contributed by atoms with van der Waals surface area (Å²) < 4.78 is 55.2. The predicted molar refractivity (Wildman–Crippen MR) is 120 cm³/mol. The molecule has 182 valence electrons. The SMILES string of the molecule is COP(=O)(OC)O/C(C)=C/C(=O)OC(C)c1ccccc1.COP(=O)(OC)OC=C(Cl)Cl. The van der Waals surface area contributed by atoms with Crippen molar-refractivity contribution in [1.82, 2.24) is 0 Å². The van der Waals surface area contributed by atoms with Crippen molar-refractivity contribution in [3.63, 3.8) is 0 Å². The quantitative estimate of drug-likeness (QED) is 0.139. The summed E-state index contributed by atoms with van der Waals surface area (Å²) in [5, 5.41) is 0. The van der Waals surface area contributed by atoms with E-state index in [2.05, 4.69) is 22.6 Å². The molecular formula is C18H26Cl2O10P2. The Balaban J connectivity index is 0.000000739. The highest BCUT2D eigenvalue weighted by Crippen LogP contribution is 2.49. The predicted octanol–water partition coefficient (Wildman–Crippen LogP) is 6.29. The van der Waals surface area contributed by atoms with Gasteiger partial charge in [0.2, 0.25) is 0 Å². The summed E-state index contributed by atoms with van der Waals surface area (Å²) in [6.07, 6.45) is 1.56. The topological polar surface area (TPSA) is 116 Å². The molecule has 0 fully saturated rings. The summed E-state index contributed by atoms with van der Waals surface area (Å²) >= 11 is 10.3. The van der Waals surface area contributed by atoms with Crippen LogP contribution in [-0.2, 0) is 45.8 Å². The molecule has 0 heterocycles. The average molecular weight is 535 g/mol. The Morgan fingerprint density at radius 3 is 1.88 bits per heavy atom. The van der Waals surface area contributed by atoms with Crippen molar-refractivity contribution in [3.8, 4) is 0 Å². The summed E-state index contributed by atoms with van der Waals surface area (Å²) in [6.45, 7) is 3.21. The van der Waals surface area contributed by atoms with Crippen molar-refractivity contribution >= 4 is 44.8 Å². The van der Waals surface area contributed by atoms with Crippen LogP contribution in [0, 0.1) is 0 Å². The average Bonchev–Trinajstić information content (AvgIpc) is 2.78. The number of phosphoric acid groups is 2. The van der Waals surface area contributed by atoms with Gasteiger partial charge in [0.15, 0.2) is 0 Å². The maximum atomic E-state index is 11.7. The Bertz CT molecular complexity index is 841. The minimum Gasteiger partial charge on any atom is -0.455 e. The molecule has 0 radical (unpaired) electrons. The first kappa shape index (κ1) is 30.6. The van der Waals surface area contributed by atoms with Gasteiger partial charge in [0.05, 0.1) is 6.08 Å². The van der Waals surface area contributed by atoms with Gasteiger partial charge in [-0.1, -0.05) is 53.5 Å². The van der Waals surface area contributed by atoms with E-state index in [4.69, 9.17) is 32.5 Å². The van der Waals surface area contributed by atoms with Gasteiger partial charge in [0.1, 0.15) is 22.6 Å². The lowest BCUT2D eigenvalue weighted by Gasteiger charge is -2.15. The van der Waals surface area contributed by atoms with Crippen LogP contribution in [0.5, 0.6) is 0 Å². The lowest BCUT2D eigenvalue weighted by Crippen LogP contribution is -2.07. The summed E-state index contributed by atoms with van der Waals surface area (Å²) in [5.41, 5.74) is 0.872. The molecule has 1 unspecified atom stereocenters. The third kappa shape index (κ3) is 12.6. The summed E-state index contributed by atoms with van der Waals surface area (Å²) in [6, 6.07) is 9.31. The number of rotatable bonds is 11. The van der Waals surface area contributed by atoms with Gasteiger partial charge in [0, 0.05) is 28.4 Å². The number of esters is 1. The molecule has 10 nitrogen and oxygen atoms in total. The van der Waals surface area contributed by atoms with E-state index < -0.39 is 27.7 Å². The van der Waals surface area contributed by atoms with Crippen molar-refractivity contribution in [2.75, 3.05) is 28.4 Å². The number of benzene rings is 1. The highest BCUT2D eigenvalue weighted by atomic mass is 35.5. The van der Waals surface area contributed by atoms with Crippen molar-refractivity contribution in [1.29, 1.82) is 0 Å². The highest BCUT2D eigenvalue weighted by molar-refractivity contribution is 7.48. The Hall–Kier alpha value is -1.35. The van der Waals surface area contributed by atoms with E-state index in [1.165, 1.54) is 35.4 Å². The molecule has 1 rings (SSSR count). The third-order valence-corrected chi connectivity index (χ3v) is 6.15. The van der Waals surface area contributed by atoms with Crippen LogP contribution in [0.4, 0.5) is 0 Å². The van der Waals surface area contributed by atoms with Gasteiger partial charge in [-0.3, -0.25) is 18.1 Å². The number of halogens is 2. The van der Waals surface area contributed by atoms with Crippen LogP contribution in [0.25, 0.3) is 0 Å². The number of hydrogen-bond acceptors (Lipinski definition) is 10. The second kappa shape index (κ2) is 15.5. The van der Waals surface area contributed by atoms with Crippen molar-refractivity contribution in [2.24, 2.45) is 0 Å². The second-order valence-corrected chi connectivity index (χ2v) is 10.1. The van der Waals surface area contributed by atoms with Crippen molar-refractivity contribution in [3.05, 3.63) is 58.5 Å². The van der Waals surface area contributed by atoms with Crippen LogP contribution in [0.1, 0.15) is 25.5 Å². The molecule has 0 spiro atoms. The zero-order valence-corrected chi connectivity index (χ0v) is 21.7. The molecule has 1 aromatic rings. The first-order chi connectivity index (χ1) is 14.9. The fourth-order valence-electron chi connectivity index (χ4n) is 1.78. The molecule has 0 aliphatic carbocycles. The van der Waals surface area contributed by atoms with E-state index in [0.717, 1.165) is 17.9 Å². The Labute approximate surface area is 197 Å². The van der Waals surface area contributed by atoms with E-state index in [-0.39, 0.29) is 10.3 Å². The second-order valence-electron chi connectivity index (χ2n) is 5.47. The van der Waals surface area contributed by atoms with Crippen LogP contribution in [0.3, 0.4) is 0 Å². The molecule has 0 bridgehead atoms. The van der Waals surface area contributed by atoms with Gasteiger partial charge in [-0.2, -0.15) is 0 Å². The van der Waals surface area contributed by atoms with Crippen molar-refractivity contribution in [2.45, 2.75) is 20.0 Å². The zero-order valence-electron chi connectivity index (χ0n) is 18.4. The van der Waals surface area contributed by atoms with E-state index in [9.17, 15) is 13.9 Å². The maximum Gasteiger partial charge on any atom is 0.529 e. The van der Waals surface area contributed by atoms with E-state index in [1.807, 2.05) is 30.3 Å². The molecule has 0 amide bonds. The van der Waals surface area contributed by atoms with Gasteiger partial charge in [-0.05, 0) is 19.4 Å². The third-order valence-electron chi connectivity index (χ3n) is 3.30. The van der Waals surface area contributed by atoms with Gasteiger partial charge in [-0.15, -0.1) is 0 Å². The molecule has 1 atom stereocenters. The number of hydrogen-bond donors (Lipinski definition) is 0. The van der Waals surface area contributed by atoms with E-state index >= 15 is 0 Å². The number of ether oxygens (including phenoxy) is 1. The number of carbonyl (C=O) groups is 1. The molecule has 0 aliphatic rings. The fourth-order valence-corrected chi connectivity index (χ4v) is 3.26. The molecule has 0 saturated heterocycles. The summed E-state index contributed by atoms with van der Waals surface area (Å²) in [5.74, 6) is -0.532. The maximum absolute atomic E-state index is 11.7. The van der Waals surface area contributed by atoms with Crippen LogP contribution >= 0.6 is 38.8 Å². The number of allylic oxidation sites excluding steroid dienone is 1. The summed E-state index contributed by atoms with van der Waals surface area (Å²) in [4.78, 5) is 11.7. The van der Waals surface area contributed by atoms with Crippen LogP contribution in [-0.4, -0.2) is 34.4 Å². The lowest BCUT2D eigenvalue weighted by atomic mass is 10.1. The smallest absolute Gasteiger partial charge is 0.455 e. The minimum atomic E-state index is -3.66. The molecule has 0 aliphatic heterocycles. The van der Waals surface area contributed by atoms with Crippen LogP contribution in [0.15, 0.2) is 52.9 Å². The monoisotopic (exact) mass is 534 g/mol. The van der Waals surface area contributed by atoms with Gasteiger partial charge < -0.3 is 13.8 Å². The Morgan fingerprint density at radius 2 is 1.44 bits per heavy atom. The van der Waals surface area contributed by atoms with Gasteiger partial charge >= 0.3 is 21.6 Å². The number of carbonyl (C=O) groups excluding carboxylic acids is 1. The minimum absolute atomic E-state index is 0.0762. The van der Waals surface area contributed by atoms with E-state index in [0.29, 0.717) is 0 Å². The fraction of sp³-hybridized carbons (Fsp3) is 0.389. The van der Waals surface area contributed by atoms with Crippen LogP contribution in [0.2, 0.25) is 0 Å². The Morgan fingerprint density at radius 1 is 0.938 bits per heavy atom. The lowest BCUT2D eigenvalue weighted by molar-refractivity contribution is -0.142. The number of phosphoric ester groups is 2. The standard InChI is InChI=1S/C14H19O6P.C4H7Cl2O4P/c1-11(20-21(16,17-3)18-4)10-14(15)19-12(2)13-8-6-5-7-9-13;1-8-11(7,9-2)10-3-4(5)6/h5-10,12H,1-4H3;3H,1-2H3/b11-10+;. The van der Waals surface area contributed by atoms with Gasteiger partial charge in [-0.25, -0.2) is 13.9 Å². The van der Waals surface area contributed by atoms with E-state index in [1.54, 1.807) is 6.92 Å². The first-order valence-electron chi connectivity index (χ1n) is 8.70. The zero-order chi connectivity index (χ0) is 24.8. The summed E-state index contributed by atoms with van der Waals surface area (Å²) in [7, 11) is -2.40. The molecule has 0 saturated carbocycles. The molecule has 32 heavy (non-hydrogen) atoms. The largest absolute Gasteiger partial charge is 0.529 e. The molecule has 0 aromatic heterocycles.